The predicted octanol–water partition coefficient (Wildman–Crippen LogP) is 5.65. The van der Waals surface area contributed by atoms with Crippen molar-refractivity contribution in [2.45, 2.75) is 13.0 Å². The summed E-state index contributed by atoms with van der Waals surface area (Å²) in [5.41, 5.74) is 5.46. The molecule has 0 fully saturated rings. The first-order valence-corrected chi connectivity index (χ1v) is 10.1. The molecule has 7 heteroatoms. The summed E-state index contributed by atoms with van der Waals surface area (Å²) in [6.07, 6.45) is 1.88. The van der Waals surface area contributed by atoms with E-state index in [9.17, 15) is 4.79 Å². The van der Waals surface area contributed by atoms with Gasteiger partial charge in [0.05, 0.1) is 13.3 Å². The molecule has 4 aromatic rings. The SMILES string of the molecule is COc1ccc(/C=N\NC(=O)CCn2c3ccc(Cl)cc3c3cc(Cl)ccc32)cc1. The van der Waals surface area contributed by atoms with Crippen molar-refractivity contribution in [1.82, 2.24) is 9.99 Å². The molecule has 152 valence electrons. The molecule has 0 aliphatic carbocycles. The molecule has 1 N–H and O–H groups in total. The lowest BCUT2D eigenvalue weighted by Crippen LogP contribution is -2.19. The standard InChI is InChI=1S/C23H19Cl2N3O2/c1-30-18-6-2-15(3-7-18)14-26-27-23(29)10-11-28-21-8-4-16(24)12-19(21)20-13-17(25)5-9-22(20)28/h2-9,12-14H,10-11H2,1H3,(H,27,29)/b26-14-. The number of nitrogens with zero attached hydrogens (tertiary/aromatic N) is 2. The van der Waals surface area contributed by atoms with Crippen molar-refractivity contribution in [1.29, 1.82) is 0 Å². The van der Waals surface area contributed by atoms with Crippen LogP contribution in [0.1, 0.15) is 12.0 Å². The summed E-state index contributed by atoms with van der Waals surface area (Å²) in [6.45, 7) is 0.507. The largest absolute Gasteiger partial charge is 0.497 e. The van der Waals surface area contributed by atoms with Crippen LogP contribution in [0.5, 0.6) is 5.75 Å². The first-order valence-electron chi connectivity index (χ1n) is 9.38. The molecule has 5 nitrogen and oxygen atoms in total. The Labute approximate surface area is 183 Å². The Bertz CT molecular complexity index is 1190. The van der Waals surface area contributed by atoms with E-state index >= 15 is 0 Å². The zero-order valence-electron chi connectivity index (χ0n) is 16.2. The molecule has 0 aliphatic rings. The highest BCUT2D eigenvalue weighted by molar-refractivity contribution is 6.33. The van der Waals surface area contributed by atoms with Crippen molar-refractivity contribution in [3.63, 3.8) is 0 Å². The number of rotatable bonds is 6. The van der Waals surface area contributed by atoms with Crippen LogP contribution < -0.4 is 10.2 Å². The molecule has 0 spiro atoms. The van der Waals surface area contributed by atoms with E-state index in [0.717, 1.165) is 33.1 Å². The molecule has 4 rings (SSSR count). The lowest BCUT2D eigenvalue weighted by Gasteiger charge is -2.07. The summed E-state index contributed by atoms with van der Waals surface area (Å²) in [5, 5.41) is 7.38. The number of fused-ring (bicyclic) bond motifs is 3. The molecule has 0 saturated carbocycles. The third kappa shape index (κ3) is 4.27. The molecule has 1 aromatic heterocycles. The second-order valence-electron chi connectivity index (χ2n) is 6.79. The van der Waals surface area contributed by atoms with Crippen molar-refractivity contribution < 1.29 is 9.53 Å². The number of hydrogen-bond donors (Lipinski definition) is 1. The van der Waals surface area contributed by atoms with E-state index in [-0.39, 0.29) is 12.3 Å². The highest BCUT2D eigenvalue weighted by Crippen LogP contribution is 2.32. The number of carbonyl (C=O) groups is 1. The van der Waals surface area contributed by atoms with Crippen LogP contribution in [0.15, 0.2) is 65.8 Å². The van der Waals surface area contributed by atoms with Gasteiger partial charge >= 0.3 is 0 Å². The topological polar surface area (TPSA) is 55.6 Å². The van der Waals surface area contributed by atoms with Gasteiger partial charge in [0.1, 0.15) is 5.75 Å². The Hall–Kier alpha value is -3.02. The van der Waals surface area contributed by atoms with E-state index in [2.05, 4.69) is 15.1 Å². The number of halogens is 2. The monoisotopic (exact) mass is 439 g/mol. The van der Waals surface area contributed by atoms with Gasteiger partial charge in [0.25, 0.3) is 0 Å². The molecule has 0 bridgehead atoms. The predicted molar refractivity (Wildman–Crippen MR) is 123 cm³/mol. The maximum Gasteiger partial charge on any atom is 0.241 e. The maximum absolute atomic E-state index is 12.3. The summed E-state index contributed by atoms with van der Waals surface area (Å²) >= 11 is 12.4. The van der Waals surface area contributed by atoms with Crippen LogP contribution in [0.4, 0.5) is 0 Å². The molecule has 0 radical (unpaired) electrons. The van der Waals surface area contributed by atoms with Gasteiger partial charge in [-0.1, -0.05) is 23.2 Å². The Kier molecular flexibility index (Phi) is 5.93. The molecule has 0 atom stereocenters. The van der Waals surface area contributed by atoms with Crippen LogP contribution >= 0.6 is 23.2 Å². The quantitative estimate of drug-likeness (QED) is 0.311. The minimum Gasteiger partial charge on any atom is -0.497 e. The summed E-state index contributed by atoms with van der Waals surface area (Å²) < 4.78 is 7.22. The van der Waals surface area contributed by atoms with E-state index in [1.165, 1.54) is 0 Å². The van der Waals surface area contributed by atoms with E-state index in [4.69, 9.17) is 27.9 Å². The number of hydrazone groups is 1. The molecule has 1 amide bonds. The van der Waals surface area contributed by atoms with Crippen LogP contribution in [-0.4, -0.2) is 23.8 Å². The minimum absolute atomic E-state index is 0.169. The Morgan fingerprint density at radius 1 is 1.00 bits per heavy atom. The summed E-state index contributed by atoms with van der Waals surface area (Å²) in [6, 6.07) is 18.9. The van der Waals surface area contributed by atoms with Crippen molar-refractivity contribution in [3.05, 3.63) is 76.3 Å². The molecule has 0 saturated heterocycles. The van der Waals surface area contributed by atoms with Crippen molar-refractivity contribution in [3.8, 4) is 5.75 Å². The third-order valence-electron chi connectivity index (χ3n) is 4.87. The highest BCUT2D eigenvalue weighted by atomic mass is 35.5. The lowest BCUT2D eigenvalue weighted by molar-refractivity contribution is -0.121. The van der Waals surface area contributed by atoms with Gasteiger partial charge in [-0.25, -0.2) is 5.43 Å². The van der Waals surface area contributed by atoms with Crippen LogP contribution in [0.3, 0.4) is 0 Å². The first-order chi connectivity index (χ1) is 14.5. The Balaban J connectivity index is 1.48. The lowest BCUT2D eigenvalue weighted by atomic mass is 10.1. The number of ether oxygens (including phenoxy) is 1. The maximum atomic E-state index is 12.3. The Morgan fingerprint density at radius 3 is 2.17 bits per heavy atom. The minimum atomic E-state index is -0.169. The second-order valence-corrected chi connectivity index (χ2v) is 7.66. The van der Waals surface area contributed by atoms with Gasteiger partial charge in [-0.2, -0.15) is 5.10 Å². The van der Waals surface area contributed by atoms with Gasteiger partial charge < -0.3 is 9.30 Å². The Morgan fingerprint density at radius 2 is 1.60 bits per heavy atom. The number of methoxy groups -OCH3 is 1. The summed E-state index contributed by atoms with van der Waals surface area (Å²) in [4.78, 5) is 12.3. The number of aromatic nitrogens is 1. The fourth-order valence-electron chi connectivity index (χ4n) is 3.43. The molecule has 30 heavy (non-hydrogen) atoms. The number of carbonyl (C=O) groups excluding carboxylic acids is 1. The van der Waals surface area contributed by atoms with E-state index in [1.54, 1.807) is 13.3 Å². The normalized spacial score (nSPS) is 11.4. The van der Waals surface area contributed by atoms with Crippen LogP contribution in [0.2, 0.25) is 10.0 Å². The van der Waals surface area contributed by atoms with Crippen LogP contribution in [0.25, 0.3) is 21.8 Å². The first kappa shape index (κ1) is 20.3. The highest BCUT2D eigenvalue weighted by Gasteiger charge is 2.12. The molecular formula is C23H19Cl2N3O2. The third-order valence-corrected chi connectivity index (χ3v) is 5.34. The van der Waals surface area contributed by atoms with Crippen molar-refractivity contribution in [2.24, 2.45) is 5.10 Å². The zero-order valence-corrected chi connectivity index (χ0v) is 17.7. The number of benzene rings is 3. The van der Waals surface area contributed by atoms with Crippen LogP contribution in [0, 0.1) is 0 Å². The fraction of sp³-hybridized carbons (Fsp3) is 0.130. The van der Waals surface area contributed by atoms with E-state index in [1.807, 2.05) is 60.7 Å². The summed E-state index contributed by atoms with van der Waals surface area (Å²) in [5.74, 6) is 0.600. The van der Waals surface area contributed by atoms with Crippen molar-refractivity contribution >= 4 is 57.1 Å². The smallest absolute Gasteiger partial charge is 0.241 e. The average Bonchev–Trinajstić information content (AvgIpc) is 3.05. The van der Waals surface area contributed by atoms with E-state index < -0.39 is 0 Å². The van der Waals surface area contributed by atoms with Gasteiger partial charge in [0.15, 0.2) is 0 Å². The van der Waals surface area contributed by atoms with Crippen LogP contribution in [-0.2, 0) is 11.3 Å². The molecule has 0 aliphatic heterocycles. The van der Waals surface area contributed by atoms with Gasteiger partial charge in [-0.3, -0.25) is 4.79 Å². The van der Waals surface area contributed by atoms with E-state index in [0.29, 0.717) is 16.6 Å². The summed E-state index contributed by atoms with van der Waals surface area (Å²) in [7, 11) is 1.61. The molecule has 3 aromatic carbocycles. The number of amides is 1. The zero-order chi connectivity index (χ0) is 21.1. The average molecular weight is 440 g/mol. The molecular weight excluding hydrogens is 421 g/mol. The van der Waals surface area contributed by atoms with Gasteiger partial charge in [-0.15, -0.1) is 0 Å². The van der Waals surface area contributed by atoms with Gasteiger partial charge in [0, 0.05) is 44.8 Å². The number of aryl methyl sites for hydroxylation is 1. The van der Waals surface area contributed by atoms with Gasteiger partial charge in [0.2, 0.25) is 5.91 Å². The molecule has 0 unspecified atom stereocenters. The number of nitrogens with one attached hydrogen (secondary N) is 1. The molecule has 1 heterocycles. The fourth-order valence-corrected chi connectivity index (χ4v) is 3.77. The second kappa shape index (κ2) is 8.78. The van der Waals surface area contributed by atoms with Crippen molar-refractivity contribution in [2.75, 3.05) is 7.11 Å². The number of hydrogen-bond acceptors (Lipinski definition) is 3. The van der Waals surface area contributed by atoms with Gasteiger partial charge in [-0.05, 0) is 66.2 Å².